The highest BCUT2D eigenvalue weighted by Gasteiger charge is 2.15. The summed E-state index contributed by atoms with van der Waals surface area (Å²) < 4.78 is 17.1. The Labute approximate surface area is 203 Å². The minimum absolute atomic E-state index is 0.242. The highest BCUT2D eigenvalue weighted by Crippen LogP contribution is 2.25. The van der Waals surface area contributed by atoms with Crippen molar-refractivity contribution in [3.63, 3.8) is 0 Å². The molecule has 0 spiro atoms. The summed E-state index contributed by atoms with van der Waals surface area (Å²) in [5.74, 6) is 0.197. The summed E-state index contributed by atoms with van der Waals surface area (Å²) in [4.78, 5) is 18.3. The number of nitrogens with zero attached hydrogens (tertiary/aromatic N) is 5. The van der Waals surface area contributed by atoms with Crippen LogP contribution in [0.5, 0.6) is 0 Å². The quantitative estimate of drug-likeness (QED) is 0.369. The molecule has 6 rings (SSSR count). The molecule has 0 aliphatic heterocycles. The van der Waals surface area contributed by atoms with Crippen LogP contribution < -0.4 is 10.1 Å². The van der Waals surface area contributed by atoms with E-state index < -0.39 is 0 Å². The van der Waals surface area contributed by atoms with Crippen molar-refractivity contribution in [1.82, 2.24) is 24.4 Å². The summed E-state index contributed by atoms with van der Waals surface area (Å²) >= 11 is 1.27. The zero-order valence-corrected chi connectivity index (χ0v) is 19.4. The standard InChI is InChI=1S/C27H18FN5OS/c1-17-7-9-19(10-8-17)25-29-27-33(31-25)26(34)23(35-27)15-20-16-32(22-5-3-2-4-6-22)30-24(20)18-11-13-21(28)14-12-18/h2-16H,1H3. The van der Waals surface area contributed by atoms with E-state index in [9.17, 15) is 9.18 Å². The smallest absolute Gasteiger partial charge is 0.266 e. The molecule has 0 atom stereocenters. The Hall–Kier alpha value is -4.43. The number of aryl methyl sites for hydroxylation is 1. The van der Waals surface area contributed by atoms with Gasteiger partial charge in [-0.25, -0.2) is 9.07 Å². The first kappa shape index (κ1) is 21.1. The fourth-order valence-corrected chi connectivity index (χ4v) is 4.74. The van der Waals surface area contributed by atoms with Crippen LogP contribution in [0.3, 0.4) is 0 Å². The molecule has 6 aromatic rings. The van der Waals surface area contributed by atoms with Crippen LogP contribution in [-0.2, 0) is 0 Å². The molecule has 0 bridgehead atoms. The molecule has 8 heteroatoms. The van der Waals surface area contributed by atoms with Crippen LogP contribution in [0, 0.1) is 12.7 Å². The average Bonchev–Trinajstić information content (AvgIpc) is 3.56. The van der Waals surface area contributed by atoms with Gasteiger partial charge in [0.15, 0.2) is 5.82 Å². The maximum absolute atomic E-state index is 13.5. The van der Waals surface area contributed by atoms with Gasteiger partial charge in [0, 0.05) is 22.9 Å². The summed E-state index contributed by atoms with van der Waals surface area (Å²) in [6, 6.07) is 23.7. The average molecular weight is 480 g/mol. The SMILES string of the molecule is Cc1ccc(-c2nc3sc(=Cc4cn(-c5ccccc5)nc4-c4ccc(F)cc4)c(=O)n3n2)cc1. The summed E-state index contributed by atoms with van der Waals surface area (Å²) in [7, 11) is 0. The Bertz CT molecular complexity index is 1770. The van der Waals surface area contributed by atoms with E-state index in [1.807, 2.05) is 67.7 Å². The molecule has 3 aromatic carbocycles. The molecule has 3 aromatic heterocycles. The molecule has 35 heavy (non-hydrogen) atoms. The number of halogens is 1. The lowest BCUT2D eigenvalue weighted by Gasteiger charge is -2.00. The molecule has 0 unspecified atom stereocenters. The van der Waals surface area contributed by atoms with Gasteiger partial charge in [0.25, 0.3) is 5.56 Å². The Morgan fingerprint density at radius 2 is 1.60 bits per heavy atom. The summed E-state index contributed by atoms with van der Waals surface area (Å²) in [5, 5.41) is 9.17. The number of thiazole rings is 1. The van der Waals surface area contributed by atoms with Gasteiger partial charge in [0.05, 0.1) is 10.2 Å². The summed E-state index contributed by atoms with van der Waals surface area (Å²) in [5.41, 5.74) is 4.77. The van der Waals surface area contributed by atoms with Gasteiger partial charge >= 0.3 is 0 Å². The van der Waals surface area contributed by atoms with Gasteiger partial charge in [-0.3, -0.25) is 4.79 Å². The number of hydrogen-bond acceptors (Lipinski definition) is 5. The summed E-state index contributed by atoms with van der Waals surface area (Å²) in [6.45, 7) is 2.01. The maximum atomic E-state index is 13.5. The van der Waals surface area contributed by atoms with Crippen molar-refractivity contribution in [2.75, 3.05) is 0 Å². The molecule has 0 saturated heterocycles. The second-order valence-electron chi connectivity index (χ2n) is 8.13. The first-order valence-electron chi connectivity index (χ1n) is 10.9. The van der Waals surface area contributed by atoms with Crippen LogP contribution in [0.2, 0.25) is 0 Å². The van der Waals surface area contributed by atoms with E-state index in [4.69, 9.17) is 5.10 Å². The molecular weight excluding hydrogens is 461 g/mol. The zero-order valence-electron chi connectivity index (χ0n) is 18.6. The predicted octanol–water partition coefficient (Wildman–Crippen LogP) is 4.67. The van der Waals surface area contributed by atoms with Crippen LogP contribution in [0.1, 0.15) is 11.1 Å². The highest BCUT2D eigenvalue weighted by atomic mass is 32.1. The number of aromatic nitrogens is 5. The minimum atomic E-state index is -0.321. The number of rotatable bonds is 4. The number of fused-ring (bicyclic) bond motifs is 1. The van der Waals surface area contributed by atoms with Crippen molar-refractivity contribution in [2.45, 2.75) is 6.92 Å². The van der Waals surface area contributed by atoms with Crippen molar-refractivity contribution < 1.29 is 4.39 Å². The molecule has 0 aliphatic rings. The molecule has 0 saturated carbocycles. The zero-order chi connectivity index (χ0) is 23.9. The van der Waals surface area contributed by atoms with E-state index in [2.05, 4.69) is 10.1 Å². The first-order valence-corrected chi connectivity index (χ1v) is 11.8. The van der Waals surface area contributed by atoms with Gasteiger partial charge in [-0.05, 0) is 49.4 Å². The van der Waals surface area contributed by atoms with Crippen molar-refractivity contribution >= 4 is 22.4 Å². The van der Waals surface area contributed by atoms with Gasteiger partial charge in [-0.15, -0.1) is 5.10 Å². The highest BCUT2D eigenvalue weighted by molar-refractivity contribution is 7.15. The molecular formula is C27H18FN5OS. The predicted molar refractivity (Wildman–Crippen MR) is 135 cm³/mol. The lowest BCUT2D eigenvalue weighted by atomic mass is 10.1. The molecule has 6 nitrogen and oxygen atoms in total. The molecule has 3 heterocycles. The van der Waals surface area contributed by atoms with Crippen molar-refractivity contribution in [1.29, 1.82) is 0 Å². The second-order valence-corrected chi connectivity index (χ2v) is 9.14. The molecule has 170 valence electrons. The van der Waals surface area contributed by atoms with Gasteiger partial charge < -0.3 is 0 Å². The number of para-hydroxylation sites is 1. The van der Waals surface area contributed by atoms with Crippen LogP contribution in [0.25, 0.3) is 39.4 Å². The van der Waals surface area contributed by atoms with Crippen LogP contribution in [0.4, 0.5) is 4.39 Å². The second kappa shape index (κ2) is 8.41. The first-order chi connectivity index (χ1) is 17.0. The maximum Gasteiger partial charge on any atom is 0.291 e. The Balaban J connectivity index is 1.48. The van der Waals surface area contributed by atoms with Gasteiger partial charge in [-0.1, -0.05) is 59.4 Å². The molecule has 0 aliphatic carbocycles. The third-order valence-electron chi connectivity index (χ3n) is 5.66. The van der Waals surface area contributed by atoms with E-state index in [0.717, 1.165) is 27.9 Å². The summed E-state index contributed by atoms with van der Waals surface area (Å²) in [6.07, 6.45) is 3.65. The van der Waals surface area contributed by atoms with Gasteiger partial charge in [0.1, 0.15) is 11.5 Å². The molecule has 0 radical (unpaired) electrons. The third-order valence-corrected chi connectivity index (χ3v) is 6.62. The largest absolute Gasteiger partial charge is 0.291 e. The minimum Gasteiger partial charge on any atom is -0.266 e. The van der Waals surface area contributed by atoms with E-state index >= 15 is 0 Å². The Morgan fingerprint density at radius 1 is 0.886 bits per heavy atom. The van der Waals surface area contributed by atoms with E-state index in [-0.39, 0.29) is 11.4 Å². The van der Waals surface area contributed by atoms with Gasteiger partial charge in [0.2, 0.25) is 4.96 Å². The number of hydrogen-bond donors (Lipinski definition) is 0. The third kappa shape index (κ3) is 3.94. The number of benzene rings is 3. The van der Waals surface area contributed by atoms with Crippen molar-refractivity contribution in [3.05, 3.63) is 117 Å². The van der Waals surface area contributed by atoms with E-state index in [1.165, 1.54) is 28.0 Å². The van der Waals surface area contributed by atoms with Crippen LogP contribution in [-0.4, -0.2) is 24.4 Å². The molecule has 0 N–H and O–H groups in total. The lowest BCUT2D eigenvalue weighted by Crippen LogP contribution is -2.23. The van der Waals surface area contributed by atoms with Crippen LogP contribution in [0.15, 0.2) is 89.9 Å². The molecule has 0 amide bonds. The van der Waals surface area contributed by atoms with Crippen molar-refractivity contribution in [2.24, 2.45) is 0 Å². The fourth-order valence-electron chi connectivity index (χ4n) is 3.84. The lowest BCUT2D eigenvalue weighted by molar-refractivity contribution is 0.628. The van der Waals surface area contributed by atoms with Crippen LogP contribution >= 0.6 is 11.3 Å². The monoisotopic (exact) mass is 479 g/mol. The van der Waals surface area contributed by atoms with Crippen molar-refractivity contribution in [3.8, 4) is 28.3 Å². The van der Waals surface area contributed by atoms with E-state index in [1.54, 1.807) is 22.9 Å². The topological polar surface area (TPSA) is 65.1 Å². The van der Waals surface area contributed by atoms with Gasteiger partial charge in [-0.2, -0.15) is 14.6 Å². The Morgan fingerprint density at radius 3 is 2.31 bits per heavy atom. The fraction of sp³-hybridized carbons (Fsp3) is 0.0370. The van der Waals surface area contributed by atoms with E-state index in [0.29, 0.717) is 21.0 Å². The normalized spacial score (nSPS) is 12.0. The Kier molecular flexibility index (Phi) is 5.08. The molecule has 0 fully saturated rings.